The van der Waals surface area contributed by atoms with Crippen LogP contribution in [0.5, 0.6) is 0 Å². The molecule has 3 aliphatic rings. The molecule has 4 atom stereocenters. The maximum absolute atomic E-state index is 11.6. The second kappa shape index (κ2) is 1.46. The SMILES string of the molecule is [2H][C@]12CC[C@H]3C[C@H](C[C@H]31)C2=O. The maximum Gasteiger partial charge on any atom is 0.139 e. The summed E-state index contributed by atoms with van der Waals surface area (Å²) in [7, 11) is 0. The van der Waals surface area contributed by atoms with Crippen molar-refractivity contribution >= 4 is 5.78 Å². The normalized spacial score (nSPS) is 65.4. The van der Waals surface area contributed by atoms with Gasteiger partial charge < -0.3 is 0 Å². The van der Waals surface area contributed by atoms with Gasteiger partial charge in [0.1, 0.15) is 5.78 Å². The molecule has 3 saturated carbocycles. The lowest BCUT2D eigenvalue weighted by Gasteiger charge is -2.15. The number of ketones is 1. The van der Waals surface area contributed by atoms with Gasteiger partial charge in [-0.3, -0.25) is 4.79 Å². The summed E-state index contributed by atoms with van der Waals surface area (Å²) in [6.07, 6.45) is 4.17. The summed E-state index contributed by atoms with van der Waals surface area (Å²) in [6, 6.07) is 0. The highest BCUT2D eigenvalue weighted by Crippen LogP contribution is 2.57. The van der Waals surface area contributed by atoms with Gasteiger partial charge in [0.05, 0.1) is 0 Å². The molecule has 3 aliphatic carbocycles. The van der Waals surface area contributed by atoms with Crippen LogP contribution in [-0.4, -0.2) is 5.78 Å². The van der Waals surface area contributed by atoms with Crippen LogP contribution in [0.15, 0.2) is 0 Å². The number of hydrogen-bond acceptors (Lipinski definition) is 1. The lowest BCUT2D eigenvalue weighted by molar-refractivity contribution is -0.125. The van der Waals surface area contributed by atoms with Gasteiger partial charge in [-0.2, -0.15) is 0 Å². The van der Waals surface area contributed by atoms with E-state index < -0.39 is 5.89 Å². The molecular weight excluding hydrogens is 124 g/mol. The largest absolute Gasteiger partial charge is 0.299 e. The van der Waals surface area contributed by atoms with Crippen molar-refractivity contribution in [2.24, 2.45) is 23.6 Å². The van der Waals surface area contributed by atoms with Crippen LogP contribution < -0.4 is 0 Å². The van der Waals surface area contributed by atoms with Crippen molar-refractivity contribution in [1.82, 2.24) is 0 Å². The molecule has 0 aromatic heterocycles. The van der Waals surface area contributed by atoms with E-state index in [1.165, 1.54) is 0 Å². The third-order valence-electron chi connectivity index (χ3n) is 3.61. The Morgan fingerprint density at radius 2 is 2.30 bits per heavy atom. The highest BCUT2D eigenvalue weighted by molar-refractivity contribution is 5.87. The highest BCUT2D eigenvalue weighted by atomic mass is 16.1. The average molecular weight is 137 g/mol. The van der Waals surface area contributed by atoms with E-state index >= 15 is 0 Å². The van der Waals surface area contributed by atoms with Crippen molar-refractivity contribution in [3.8, 4) is 0 Å². The van der Waals surface area contributed by atoms with Crippen LogP contribution in [0.25, 0.3) is 0 Å². The number of carbonyl (C=O) groups excluding carboxylic acids is 1. The van der Waals surface area contributed by atoms with Crippen LogP contribution in [0, 0.1) is 23.6 Å². The van der Waals surface area contributed by atoms with Gasteiger partial charge >= 0.3 is 0 Å². The molecule has 0 aliphatic heterocycles. The standard InChI is InChI=1S/C9H12O/c10-9-6-3-5-1-2-7(9)8(5)4-6/h5-8H,1-4H2/t5-,6+,7-,8+/m0/s1/i7D. The summed E-state index contributed by atoms with van der Waals surface area (Å²) in [4.78, 5) is 11.6. The summed E-state index contributed by atoms with van der Waals surface area (Å²) in [6.45, 7) is 0. The number of hydrogen-bond donors (Lipinski definition) is 0. The molecule has 2 bridgehead atoms. The van der Waals surface area contributed by atoms with E-state index in [1.54, 1.807) is 0 Å². The number of Topliss-reactive ketones (excluding diaryl/α,β-unsaturated/α-hetero) is 1. The Morgan fingerprint density at radius 3 is 3.00 bits per heavy atom. The van der Waals surface area contributed by atoms with Crippen molar-refractivity contribution in [2.45, 2.75) is 25.7 Å². The van der Waals surface area contributed by atoms with Gasteiger partial charge in [0.25, 0.3) is 0 Å². The quantitative estimate of drug-likeness (QED) is 0.496. The van der Waals surface area contributed by atoms with E-state index in [4.69, 9.17) is 1.37 Å². The molecule has 0 aromatic carbocycles. The second-order valence-corrected chi connectivity index (χ2v) is 3.96. The molecule has 0 heterocycles. The molecule has 0 radical (unpaired) electrons. The number of rotatable bonds is 0. The van der Waals surface area contributed by atoms with Crippen LogP contribution in [-0.2, 0) is 4.79 Å². The van der Waals surface area contributed by atoms with Gasteiger partial charge in [0, 0.05) is 13.2 Å². The average Bonchev–Trinajstić information content (AvgIpc) is 2.53. The Labute approximate surface area is 62.2 Å². The predicted octanol–water partition coefficient (Wildman–Crippen LogP) is 1.62. The Kier molecular flexibility index (Phi) is 0.663. The summed E-state index contributed by atoms with van der Waals surface area (Å²) in [5.74, 6) is 1.17. The van der Waals surface area contributed by atoms with Crippen molar-refractivity contribution in [3.05, 3.63) is 0 Å². The van der Waals surface area contributed by atoms with E-state index in [9.17, 15) is 4.79 Å². The van der Waals surface area contributed by atoms with E-state index in [0.717, 1.165) is 31.6 Å². The molecule has 1 nitrogen and oxygen atoms in total. The topological polar surface area (TPSA) is 17.1 Å². The third-order valence-corrected chi connectivity index (χ3v) is 3.61. The minimum Gasteiger partial charge on any atom is -0.299 e. The zero-order valence-electron chi connectivity index (χ0n) is 6.97. The molecular formula is C9H12O. The minimum absolute atomic E-state index is 0.274. The zero-order chi connectivity index (χ0) is 7.64. The van der Waals surface area contributed by atoms with Crippen molar-refractivity contribution in [3.63, 3.8) is 0 Å². The van der Waals surface area contributed by atoms with Crippen molar-refractivity contribution in [2.75, 3.05) is 0 Å². The zero-order valence-corrected chi connectivity index (χ0v) is 5.97. The Balaban J connectivity index is 2.13. The fourth-order valence-corrected chi connectivity index (χ4v) is 3.18. The van der Waals surface area contributed by atoms with Gasteiger partial charge in [-0.05, 0) is 37.5 Å². The number of fused-ring (bicyclic) bond motifs is 1. The molecule has 0 amide bonds. The molecule has 3 rings (SSSR count). The van der Waals surface area contributed by atoms with Crippen LogP contribution in [0.1, 0.15) is 27.1 Å². The van der Waals surface area contributed by atoms with Crippen molar-refractivity contribution < 1.29 is 6.17 Å². The van der Waals surface area contributed by atoms with E-state index in [2.05, 4.69) is 0 Å². The van der Waals surface area contributed by atoms with Crippen LogP contribution in [0.4, 0.5) is 0 Å². The smallest absolute Gasteiger partial charge is 0.139 e. The first kappa shape index (κ1) is 4.53. The molecule has 0 aromatic rings. The van der Waals surface area contributed by atoms with E-state index in [1.807, 2.05) is 0 Å². The van der Waals surface area contributed by atoms with Gasteiger partial charge in [0.15, 0.2) is 0 Å². The Morgan fingerprint density at radius 1 is 1.40 bits per heavy atom. The molecule has 0 spiro atoms. The van der Waals surface area contributed by atoms with Crippen molar-refractivity contribution in [1.29, 1.82) is 0 Å². The molecule has 0 unspecified atom stereocenters. The minimum atomic E-state index is -0.604. The fourth-order valence-electron chi connectivity index (χ4n) is 3.18. The summed E-state index contributed by atoms with van der Waals surface area (Å²) < 4.78 is 8.02. The van der Waals surface area contributed by atoms with Crippen LogP contribution >= 0.6 is 0 Å². The molecule has 0 saturated heterocycles. The van der Waals surface area contributed by atoms with E-state index in [-0.39, 0.29) is 5.78 Å². The maximum atomic E-state index is 11.6. The van der Waals surface area contributed by atoms with Crippen LogP contribution in [0.3, 0.4) is 0 Å². The fraction of sp³-hybridized carbons (Fsp3) is 0.889. The predicted molar refractivity (Wildman–Crippen MR) is 37.4 cm³/mol. The highest BCUT2D eigenvalue weighted by Gasteiger charge is 2.55. The Hall–Kier alpha value is -0.330. The second-order valence-electron chi connectivity index (χ2n) is 3.96. The van der Waals surface area contributed by atoms with E-state index in [0.29, 0.717) is 11.8 Å². The third kappa shape index (κ3) is 0.415. The van der Waals surface area contributed by atoms with Gasteiger partial charge in [-0.1, -0.05) is 0 Å². The van der Waals surface area contributed by atoms with Gasteiger partial charge in [-0.15, -0.1) is 0 Å². The van der Waals surface area contributed by atoms with Gasteiger partial charge in [-0.25, -0.2) is 0 Å². The molecule has 10 heavy (non-hydrogen) atoms. The molecule has 1 heteroatoms. The first-order chi connectivity index (χ1) is 5.22. The van der Waals surface area contributed by atoms with Crippen LogP contribution in [0.2, 0.25) is 0 Å². The first-order valence-corrected chi connectivity index (χ1v) is 4.26. The Bertz CT molecular complexity index is 238. The molecule has 0 N–H and O–H groups in total. The summed E-state index contributed by atoms with van der Waals surface area (Å²) in [5.41, 5.74) is 0. The number of carbonyl (C=O) groups is 1. The molecule has 54 valence electrons. The summed E-state index contributed by atoms with van der Waals surface area (Å²) in [5, 5.41) is 0. The lowest BCUT2D eigenvalue weighted by Crippen LogP contribution is -2.20. The molecule has 3 fully saturated rings. The van der Waals surface area contributed by atoms with Gasteiger partial charge in [0.2, 0.25) is 0 Å². The first-order valence-electron chi connectivity index (χ1n) is 4.76. The lowest BCUT2D eigenvalue weighted by atomic mass is 9.88. The monoisotopic (exact) mass is 137 g/mol. The summed E-state index contributed by atoms with van der Waals surface area (Å²) >= 11 is 0.